The van der Waals surface area contributed by atoms with Crippen LogP contribution in [-0.4, -0.2) is 25.0 Å². The molecule has 0 radical (unpaired) electrons. The number of hydrogen-bond acceptors (Lipinski definition) is 3. The van der Waals surface area contributed by atoms with Crippen molar-refractivity contribution in [3.05, 3.63) is 29.8 Å². The number of ether oxygens (including phenoxy) is 1. The molecule has 19 heavy (non-hydrogen) atoms. The van der Waals surface area contributed by atoms with Gasteiger partial charge in [0.1, 0.15) is 0 Å². The molecule has 1 unspecified atom stereocenters. The number of benzene rings is 1. The summed E-state index contributed by atoms with van der Waals surface area (Å²) in [6.45, 7) is 7.37. The van der Waals surface area contributed by atoms with Crippen LogP contribution in [0.5, 0.6) is 0 Å². The Hall–Kier alpha value is -0.510. The maximum absolute atomic E-state index is 5.40. The number of hydrogen-bond donors (Lipinski definition) is 1. The van der Waals surface area contributed by atoms with Gasteiger partial charge in [0.05, 0.1) is 0 Å². The molecule has 0 aromatic heterocycles. The van der Waals surface area contributed by atoms with E-state index in [0.29, 0.717) is 6.04 Å². The molecule has 1 N–H and O–H groups in total. The molecule has 1 aromatic carbocycles. The molecule has 0 aliphatic carbocycles. The smallest absolute Gasteiger partial charge is 0.0476 e. The predicted octanol–water partition coefficient (Wildman–Crippen LogP) is 4.02. The molecule has 0 bridgehead atoms. The summed E-state index contributed by atoms with van der Waals surface area (Å²) in [6, 6.07) is 9.49. The lowest BCUT2D eigenvalue weighted by molar-refractivity contribution is 0.100. The molecule has 1 aromatic rings. The van der Waals surface area contributed by atoms with Crippen LogP contribution in [0.15, 0.2) is 29.2 Å². The minimum Gasteiger partial charge on any atom is -0.381 e. The Labute approximate surface area is 121 Å². The Morgan fingerprint density at radius 2 is 1.95 bits per heavy atom. The first-order chi connectivity index (χ1) is 9.29. The zero-order chi connectivity index (χ0) is 13.5. The fourth-order valence-corrected chi connectivity index (χ4v) is 3.41. The molecule has 106 valence electrons. The lowest BCUT2D eigenvalue weighted by Gasteiger charge is -2.21. The zero-order valence-electron chi connectivity index (χ0n) is 12.0. The second-order valence-corrected chi connectivity index (χ2v) is 6.55. The quantitative estimate of drug-likeness (QED) is 0.850. The fourth-order valence-electron chi connectivity index (χ4n) is 2.30. The van der Waals surface area contributed by atoms with E-state index in [4.69, 9.17) is 4.74 Å². The third kappa shape index (κ3) is 4.83. The second kappa shape index (κ2) is 7.93. The van der Waals surface area contributed by atoms with Crippen molar-refractivity contribution in [1.82, 2.24) is 5.32 Å². The Kier molecular flexibility index (Phi) is 6.21. The number of thioether (sulfide) groups is 1. The summed E-state index contributed by atoms with van der Waals surface area (Å²) < 4.78 is 5.40. The van der Waals surface area contributed by atoms with Crippen LogP contribution in [0.4, 0.5) is 0 Å². The molecule has 1 heterocycles. The Bertz CT molecular complexity index is 360. The van der Waals surface area contributed by atoms with Crippen LogP contribution in [0.1, 0.15) is 44.7 Å². The van der Waals surface area contributed by atoms with Crippen LogP contribution in [0, 0.1) is 0 Å². The van der Waals surface area contributed by atoms with Crippen molar-refractivity contribution >= 4 is 11.8 Å². The van der Waals surface area contributed by atoms with E-state index in [1.165, 1.54) is 29.7 Å². The summed E-state index contributed by atoms with van der Waals surface area (Å²) >= 11 is 2.00. The van der Waals surface area contributed by atoms with Crippen LogP contribution in [0.25, 0.3) is 0 Å². The van der Waals surface area contributed by atoms with Gasteiger partial charge >= 0.3 is 0 Å². The molecule has 1 saturated heterocycles. The van der Waals surface area contributed by atoms with Crippen LogP contribution < -0.4 is 5.32 Å². The van der Waals surface area contributed by atoms with Gasteiger partial charge in [-0.2, -0.15) is 0 Å². The van der Waals surface area contributed by atoms with Gasteiger partial charge in [-0.25, -0.2) is 0 Å². The van der Waals surface area contributed by atoms with E-state index in [2.05, 4.69) is 43.4 Å². The first-order valence-corrected chi connectivity index (χ1v) is 8.25. The highest BCUT2D eigenvalue weighted by Gasteiger charge is 2.15. The van der Waals surface area contributed by atoms with Gasteiger partial charge in [-0.1, -0.05) is 19.1 Å². The van der Waals surface area contributed by atoms with E-state index in [9.17, 15) is 0 Å². The van der Waals surface area contributed by atoms with Crippen molar-refractivity contribution in [2.75, 3.05) is 19.8 Å². The summed E-state index contributed by atoms with van der Waals surface area (Å²) in [5, 5.41) is 4.26. The molecule has 1 fully saturated rings. The standard InChI is InChI=1S/C16H25NOS/c1-3-10-17-13(2)14-4-6-15(7-5-14)19-16-8-11-18-12-9-16/h4-7,13,16-17H,3,8-12H2,1-2H3. The summed E-state index contributed by atoms with van der Waals surface area (Å²) in [5.41, 5.74) is 1.38. The highest BCUT2D eigenvalue weighted by atomic mass is 32.2. The van der Waals surface area contributed by atoms with Gasteiger partial charge < -0.3 is 10.1 Å². The molecule has 0 spiro atoms. The van der Waals surface area contributed by atoms with Crippen molar-refractivity contribution in [3.63, 3.8) is 0 Å². The Balaban J connectivity index is 1.86. The van der Waals surface area contributed by atoms with Gasteiger partial charge in [-0.3, -0.25) is 0 Å². The maximum atomic E-state index is 5.40. The molecule has 2 nitrogen and oxygen atoms in total. The third-order valence-corrected chi connectivity index (χ3v) is 4.90. The van der Waals surface area contributed by atoms with Crippen molar-refractivity contribution in [1.29, 1.82) is 0 Å². The zero-order valence-corrected chi connectivity index (χ0v) is 12.8. The topological polar surface area (TPSA) is 21.3 Å². The Morgan fingerprint density at radius 1 is 1.26 bits per heavy atom. The van der Waals surface area contributed by atoms with Gasteiger partial charge in [0.2, 0.25) is 0 Å². The molecule has 3 heteroatoms. The van der Waals surface area contributed by atoms with Gasteiger partial charge in [0.25, 0.3) is 0 Å². The molecule has 1 aliphatic heterocycles. The van der Waals surface area contributed by atoms with Crippen molar-refractivity contribution in [2.45, 2.75) is 49.3 Å². The minimum atomic E-state index is 0.446. The third-order valence-electron chi connectivity index (χ3n) is 3.55. The summed E-state index contributed by atoms with van der Waals surface area (Å²) in [5.74, 6) is 0. The molecular weight excluding hydrogens is 254 g/mol. The molecule has 1 atom stereocenters. The summed E-state index contributed by atoms with van der Waals surface area (Å²) in [7, 11) is 0. The maximum Gasteiger partial charge on any atom is 0.0476 e. The first kappa shape index (κ1) is 14.9. The molecule has 0 saturated carbocycles. The van der Waals surface area contributed by atoms with Crippen LogP contribution in [0.3, 0.4) is 0 Å². The van der Waals surface area contributed by atoms with Crippen LogP contribution in [0.2, 0.25) is 0 Å². The highest BCUT2D eigenvalue weighted by molar-refractivity contribution is 8.00. The highest BCUT2D eigenvalue weighted by Crippen LogP contribution is 2.30. The Morgan fingerprint density at radius 3 is 2.58 bits per heavy atom. The average Bonchev–Trinajstić information content (AvgIpc) is 2.46. The van der Waals surface area contributed by atoms with Gasteiger partial charge in [0, 0.05) is 29.4 Å². The molecule has 0 amide bonds. The monoisotopic (exact) mass is 279 g/mol. The van der Waals surface area contributed by atoms with Crippen LogP contribution >= 0.6 is 11.8 Å². The number of nitrogens with one attached hydrogen (secondary N) is 1. The summed E-state index contributed by atoms with van der Waals surface area (Å²) in [6.07, 6.45) is 3.55. The van der Waals surface area contributed by atoms with E-state index in [0.717, 1.165) is 25.0 Å². The summed E-state index contributed by atoms with van der Waals surface area (Å²) in [4.78, 5) is 1.39. The van der Waals surface area contributed by atoms with E-state index < -0.39 is 0 Å². The van der Waals surface area contributed by atoms with E-state index in [1.54, 1.807) is 0 Å². The van der Waals surface area contributed by atoms with Crippen LogP contribution in [-0.2, 0) is 4.74 Å². The second-order valence-electron chi connectivity index (χ2n) is 5.17. The van der Waals surface area contributed by atoms with Crippen molar-refractivity contribution in [2.24, 2.45) is 0 Å². The van der Waals surface area contributed by atoms with Crippen molar-refractivity contribution < 1.29 is 4.74 Å². The average molecular weight is 279 g/mol. The van der Waals surface area contributed by atoms with Gasteiger partial charge in [-0.05, 0) is 50.4 Å². The predicted molar refractivity (Wildman–Crippen MR) is 82.8 cm³/mol. The number of rotatable bonds is 6. The van der Waals surface area contributed by atoms with E-state index >= 15 is 0 Å². The molecule has 2 rings (SSSR count). The van der Waals surface area contributed by atoms with E-state index in [-0.39, 0.29) is 0 Å². The fraction of sp³-hybridized carbons (Fsp3) is 0.625. The largest absolute Gasteiger partial charge is 0.381 e. The SMILES string of the molecule is CCCNC(C)c1ccc(SC2CCOCC2)cc1. The normalized spacial score (nSPS) is 18.4. The molecular formula is C16H25NOS. The minimum absolute atomic E-state index is 0.446. The first-order valence-electron chi connectivity index (χ1n) is 7.37. The van der Waals surface area contributed by atoms with Gasteiger partial charge in [0.15, 0.2) is 0 Å². The van der Waals surface area contributed by atoms with Gasteiger partial charge in [-0.15, -0.1) is 11.8 Å². The van der Waals surface area contributed by atoms with E-state index in [1.807, 2.05) is 11.8 Å². The van der Waals surface area contributed by atoms with Crippen molar-refractivity contribution in [3.8, 4) is 0 Å². The lowest BCUT2D eigenvalue weighted by Crippen LogP contribution is -2.19. The lowest BCUT2D eigenvalue weighted by atomic mass is 10.1. The molecule has 1 aliphatic rings.